The highest BCUT2D eigenvalue weighted by molar-refractivity contribution is 9.10. The first kappa shape index (κ1) is 16.8. The topological polar surface area (TPSA) is 61.5 Å². The van der Waals surface area contributed by atoms with Crippen LogP contribution in [0.4, 0.5) is 0 Å². The monoisotopic (exact) mass is 412 g/mol. The molecule has 0 saturated heterocycles. The SMILES string of the molecule is CC(C)(C)[S+]([O-])N=c1c2cc(Br)ccc2oc2cnc(Cl)cc12. The molecule has 3 rings (SSSR count). The molecule has 23 heavy (non-hydrogen) atoms. The quantitative estimate of drug-likeness (QED) is 0.328. The van der Waals surface area contributed by atoms with Crippen LogP contribution in [0.25, 0.3) is 21.9 Å². The third-order valence-corrected chi connectivity index (χ3v) is 5.30. The van der Waals surface area contributed by atoms with Gasteiger partial charge in [0, 0.05) is 9.86 Å². The molecule has 0 N–H and O–H groups in total. The molecular formula is C16H14BrClN2O2S. The van der Waals surface area contributed by atoms with E-state index in [-0.39, 0.29) is 0 Å². The van der Waals surface area contributed by atoms with Crippen LogP contribution in [0.1, 0.15) is 20.8 Å². The van der Waals surface area contributed by atoms with E-state index in [1.165, 1.54) is 0 Å². The fourth-order valence-corrected chi connectivity index (χ4v) is 3.20. The first-order valence-electron chi connectivity index (χ1n) is 6.90. The molecule has 1 atom stereocenters. The Morgan fingerprint density at radius 3 is 2.61 bits per heavy atom. The maximum atomic E-state index is 12.5. The molecule has 3 aromatic rings. The second kappa shape index (κ2) is 6.09. The summed E-state index contributed by atoms with van der Waals surface area (Å²) < 4.78 is 23.3. The van der Waals surface area contributed by atoms with Gasteiger partial charge in [0.25, 0.3) is 0 Å². The summed E-state index contributed by atoms with van der Waals surface area (Å²) in [5.41, 5.74) is 1.20. The Hall–Kier alpha value is -1.08. The largest absolute Gasteiger partial charge is 0.591 e. The summed E-state index contributed by atoms with van der Waals surface area (Å²) in [7, 11) is 0. The first-order chi connectivity index (χ1) is 10.8. The van der Waals surface area contributed by atoms with Crippen LogP contribution in [0.5, 0.6) is 0 Å². The Morgan fingerprint density at radius 2 is 1.91 bits per heavy atom. The number of nitrogens with zero attached hydrogens (tertiary/aromatic N) is 2. The lowest BCUT2D eigenvalue weighted by molar-refractivity contribution is 0.560. The highest BCUT2D eigenvalue weighted by Crippen LogP contribution is 2.24. The summed E-state index contributed by atoms with van der Waals surface area (Å²) in [4.78, 5) is 4.05. The zero-order valence-corrected chi connectivity index (χ0v) is 15.9. The van der Waals surface area contributed by atoms with Gasteiger partial charge in [-0.3, -0.25) is 0 Å². The lowest BCUT2D eigenvalue weighted by Gasteiger charge is -2.18. The smallest absolute Gasteiger partial charge is 0.155 e. The maximum Gasteiger partial charge on any atom is 0.155 e. The second-order valence-corrected chi connectivity index (χ2v) is 9.26. The van der Waals surface area contributed by atoms with Gasteiger partial charge in [-0.25, -0.2) is 4.98 Å². The molecule has 0 radical (unpaired) electrons. The van der Waals surface area contributed by atoms with Gasteiger partial charge in [0.1, 0.15) is 32.2 Å². The van der Waals surface area contributed by atoms with Crippen LogP contribution in [0, 0.1) is 0 Å². The van der Waals surface area contributed by atoms with E-state index in [1.54, 1.807) is 12.3 Å². The normalized spacial score (nSPS) is 14.6. The predicted octanol–water partition coefficient (Wildman–Crippen LogP) is 4.76. The summed E-state index contributed by atoms with van der Waals surface area (Å²) in [6.07, 6.45) is 1.55. The molecule has 2 heterocycles. The summed E-state index contributed by atoms with van der Waals surface area (Å²) in [6, 6.07) is 7.29. The lowest BCUT2D eigenvalue weighted by atomic mass is 10.1. The van der Waals surface area contributed by atoms with Gasteiger partial charge in [0.15, 0.2) is 5.58 Å². The van der Waals surface area contributed by atoms with Crippen LogP contribution in [0.15, 0.2) is 43.7 Å². The van der Waals surface area contributed by atoms with Gasteiger partial charge in [-0.1, -0.05) is 31.9 Å². The third-order valence-electron chi connectivity index (χ3n) is 3.20. The van der Waals surface area contributed by atoms with Gasteiger partial charge in [-0.15, -0.1) is 0 Å². The number of aromatic nitrogens is 1. The fraction of sp³-hybridized carbons (Fsp3) is 0.250. The molecule has 0 fully saturated rings. The molecule has 1 unspecified atom stereocenters. The maximum absolute atomic E-state index is 12.5. The number of pyridine rings is 1. The van der Waals surface area contributed by atoms with E-state index < -0.39 is 16.1 Å². The van der Waals surface area contributed by atoms with E-state index in [2.05, 4.69) is 25.3 Å². The van der Waals surface area contributed by atoms with Gasteiger partial charge in [0.05, 0.1) is 11.6 Å². The second-order valence-electron chi connectivity index (χ2n) is 6.05. The summed E-state index contributed by atoms with van der Waals surface area (Å²) in [5.74, 6) is 0. The average Bonchev–Trinajstić information content (AvgIpc) is 2.47. The molecule has 7 heteroatoms. The van der Waals surface area contributed by atoms with Crippen molar-refractivity contribution in [3.05, 3.63) is 45.4 Å². The van der Waals surface area contributed by atoms with Gasteiger partial charge in [0.2, 0.25) is 0 Å². The Morgan fingerprint density at radius 1 is 1.22 bits per heavy atom. The van der Waals surface area contributed by atoms with E-state index >= 15 is 0 Å². The Labute approximate surface area is 150 Å². The number of benzene rings is 1. The van der Waals surface area contributed by atoms with Crippen molar-refractivity contribution in [3.63, 3.8) is 0 Å². The van der Waals surface area contributed by atoms with Crippen molar-refractivity contribution >= 4 is 60.8 Å². The Kier molecular flexibility index (Phi) is 4.44. The van der Waals surface area contributed by atoms with Crippen molar-refractivity contribution < 1.29 is 8.97 Å². The minimum Gasteiger partial charge on any atom is -0.591 e. The van der Waals surface area contributed by atoms with Crippen molar-refractivity contribution in [1.82, 2.24) is 4.98 Å². The van der Waals surface area contributed by atoms with Crippen LogP contribution in [0.2, 0.25) is 5.15 Å². The van der Waals surface area contributed by atoms with Crippen molar-refractivity contribution in [2.24, 2.45) is 4.40 Å². The minimum absolute atomic E-state index is 0.333. The number of fused-ring (bicyclic) bond motifs is 2. The molecule has 0 aliphatic heterocycles. The molecule has 1 aromatic carbocycles. The van der Waals surface area contributed by atoms with Gasteiger partial charge >= 0.3 is 0 Å². The minimum atomic E-state index is -1.41. The van der Waals surface area contributed by atoms with Gasteiger partial charge in [-0.2, -0.15) is 0 Å². The Bertz CT molecular complexity index is 903. The number of rotatable bonds is 1. The van der Waals surface area contributed by atoms with Crippen LogP contribution in [0.3, 0.4) is 0 Å². The molecule has 2 aromatic heterocycles. The standard InChI is InChI=1S/C16H14BrClN2O2S/c1-16(2,3)23(21)20-15-10-6-9(17)4-5-12(10)22-13-8-19-14(18)7-11(13)15/h4-8H,1-3H3. The van der Waals surface area contributed by atoms with Crippen molar-refractivity contribution in [2.45, 2.75) is 25.5 Å². The molecule has 0 amide bonds. The van der Waals surface area contributed by atoms with Crippen molar-refractivity contribution in [3.8, 4) is 0 Å². The molecule has 0 spiro atoms. The number of hydrogen-bond donors (Lipinski definition) is 0. The van der Waals surface area contributed by atoms with E-state index in [1.807, 2.05) is 39.0 Å². The third kappa shape index (κ3) is 3.40. The van der Waals surface area contributed by atoms with E-state index in [9.17, 15) is 4.55 Å². The van der Waals surface area contributed by atoms with Crippen molar-refractivity contribution in [1.29, 1.82) is 0 Å². The van der Waals surface area contributed by atoms with Crippen LogP contribution < -0.4 is 5.36 Å². The molecule has 0 aliphatic carbocycles. The summed E-state index contributed by atoms with van der Waals surface area (Å²) in [5, 5.41) is 2.39. The molecule has 0 bridgehead atoms. The predicted molar refractivity (Wildman–Crippen MR) is 97.7 cm³/mol. The van der Waals surface area contributed by atoms with E-state index in [4.69, 9.17) is 16.0 Å². The van der Waals surface area contributed by atoms with Gasteiger partial charge < -0.3 is 8.97 Å². The lowest BCUT2D eigenvalue weighted by Crippen LogP contribution is -2.28. The van der Waals surface area contributed by atoms with E-state index in [0.29, 0.717) is 27.1 Å². The molecule has 4 nitrogen and oxygen atoms in total. The zero-order chi connectivity index (χ0) is 16.8. The number of halogens is 2. The van der Waals surface area contributed by atoms with Crippen LogP contribution in [-0.4, -0.2) is 14.3 Å². The fourth-order valence-electron chi connectivity index (χ4n) is 2.04. The number of hydrogen-bond acceptors (Lipinski definition) is 4. The molecular weight excluding hydrogens is 400 g/mol. The molecule has 120 valence electrons. The first-order valence-corrected chi connectivity index (χ1v) is 9.18. The van der Waals surface area contributed by atoms with Crippen molar-refractivity contribution in [2.75, 3.05) is 0 Å². The summed E-state index contributed by atoms with van der Waals surface area (Å²) >= 11 is 8.06. The Balaban J connectivity index is 2.48. The molecule has 0 aliphatic rings. The highest BCUT2D eigenvalue weighted by Gasteiger charge is 2.27. The van der Waals surface area contributed by atoms with Crippen LogP contribution in [-0.2, 0) is 11.4 Å². The molecule has 0 saturated carbocycles. The summed E-state index contributed by atoms with van der Waals surface area (Å²) in [6.45, 7) is 5.65. The zero-order valence-electron chi connectivity index (χ0n) is 12.8. The highest BCUT2D eigenvalue weighted by atomic mass is 79.9. The van der Waals surface area contributed by atoms with Crippen LogP contribution >= 0.6 is 27.5 Å². The average molecular weight is 414 g/mol. The van der Waals surface area contributed by atoms with Gasteiger partial charge in [-0.05, 0) is 45.0 Å². The van der Waals surface area contributed by atoms with E-state index in [0.717, 1.165) is 9.86 Å².